The molecule has 0 amide bonds. The number of anilines is 2. The molecule has 33 heavy (non-hydrogen) atoms. The fraction of sp³-hybridized carbons (Fsp3) is 0.174. The molecule has 0 aliphatic carbocycles. The first kappa shape index (κ1) is 22.3. The quantitative estimate of drug-likeness (QED) is 0.369. The highest BCUT2D eigenvalue weighted by Gasteiger charge is 2.25. The van der Waals surface area contributed by atoms with E-state index in [0.29, 0.717) is 40.1 Å². The second kappa shape index (κ2) is 9.29. The van der Waals surface area contributed by atoms with Gasteiger partial charge in [-0.2, -0.15) is 5.10 Å². The number of nitrogens with one attached hydrogen (secondary N) is 1. The number of aromatic nitrogens is 3. The molecule has 0 atom stereocenters. The predicted molar refractivity (Wildman–Crippen MR) is 124 cm³/mol. The van der Waals surface area contributed by atoms with Crippen LogP contribution in [0, 0.1) is 5.82 Å². The Bertz CT molecular complexity index is 1320. The van der Waals surface area contributed by atoms with Crippen LogP contribution in [0.15, 0.2) is 47.8 Å². The molecule has 0 bridgehead atoms. The second-order valence-electron chi connectivity index (χ2n) is 6.92. The molecule has 4 rings (SSSR count). The smallest absolute Gasteiger partial charge is 0.337 e. The number of carboxylic acid groups (broad SMARTS) is 1. The average molecular weight is 469 g/mol. The molecule has 0 saturated heterocycles. The van der Waals surface area contributed by atoms with Crippen LogP contribution in [0.3, 0.4) is 0 Å². The Hall–Kier alpha value is -3.92. The molecule has 0 aliphatic rings. The first-order valence-electron chi connectivity index (χ1n) is 10.0. The number of rotatable bonds is 8. The third-order valence-electron chi connectivity index (χ3n) is 4.98. The molecule has 0 fully saturated rings. The molecular formula is C23H21FN4O4S. The van der Waals surface area contributed by atoms with E-state index in [-0.39, 0.29) is 11.3 Å². The zero-order valence-electron chi connectivity index (χ0n) is 18.1. The van der Waals surface area contributed by atoms with Gasteiger partial charge < -0.3 is 19.9 Å². The number of hydrogen-bond acceptors (Lipinski definition) is 7. The Morgan fingerprint density at radius 1 is 1.21 bits per heavy atom. The molecule has 170 valence electrons. The molecule has 10 heteroatoms. The monoisotopic (exact) mass is 468 g/mol. The predicted octanol–water partition coefficient (Wildman–Crippen LogP) is 5.16. The van der Waals surface area contributed by atoms with E-state index >= 15 is 0 Å². The highest BCUT2D eigenvalue weighted by atomic mass is 32.1. The topological polar surface area (TPSA) is 98.5 Å². The Balaban J connectivity index is 1.99. The van der Waals surface area contributed by atoms with Crippen molar-refractivity contribution in [3.05, 3.63) is 64.9 Å². The number of aromatic carboxylic acids is 1. The van der Waals surface area contributed by atoms with E-state index in [1.54, 1.807) is 23.2 Å². The number of benzene rings is 2. The van der Waals surface area contributed by atoms with Crippen LogP contribution in [0.4, 0.5) is 15.9 Å². The van der Waals surface area contributed by atoms with Gasteiger partial charge in [0.15, 0.2) is 0 Å². The Morgan fingerprint density at radius 2 is 2.00 bits per heavy atom. The fourth-order valence-electron chi connectivity index (χ4n) is 3.43. The summed E-state index contributed by atoms with van der Waals surface area (Å²) in [4.78, 5) is 16.3. The van der Waals surface area contributed by atoms with E-state index < -0.39 is 11.8 Å². The number of nitrogens with zero attached hydrogens (tertiary/aromatic N) is 3. The number of carboxylic acids is 1. The van der Waals surface area contributed by atoms with Crippen LogP contribution in [0.2, 0.25) is 0 Å². The average Bonchev–Trinajstić information content (AvgIpc) is 3.44. The van der Waals surface area contributed by atoms with Gasteiger partial charge in [0, 0.05) is 0 Å². The molecule has 4 aromatic rings. The summed E-state index contributed by atoms with van der Waals surface area (Å²) in [5.41, 5.74) is 2.08. The zero-order chi connectivity index (χ0) is 23.5. The highest BCUT2D eigenvalue weighted by Crippen LogP contribution is 2.40. The second-order valence-corrected chi connectivity index (χ2v) is 7.78. The maximum Gasteiger partial charge on any atom is 0.337 e. The standard InChI is InChI=1S/C23H21FN4O4S/c1-4-15-20(22-26-19(32-3)12-33-22)21(25-16-10-9-13(24)11-14(16)23(29)30)28(27-15)17-7-5-6-8-18(17)31-2/h5-12,25H,4H2,1-3H3,(H,29,30). The molecule has 2 N–H and O–H groups in total. The van der Waals surface area contributed by atoms with Gasteiger partial charge >= 0.3 is 5.97 Å². The van der Waals surface area contributed by atoms with Crippen LogP contribution in [0.1, 0.15) is 23.0 Å². The number of aryl methyl sites for hydroxylation is 1. The molecule has 0 aliphatic heterocycles. The molecule has 2 heterocycles. The normalized spacial score (nSPS) is 10.8. The molecule has 2 aromatic carbocycles. The summed E-state index contributed by atoms with van der Waals surface area (Å²) in [7, 11) is 3.10. The van der Waals surface area contributed by atoms with Crippen LogP contribution in [0.25, 0.3) is 16.3 Å². The van der Waals surface area contributed by atoms with Crippen molar-refractivity contribution in [1.82, 2.24) is 14.8 Å². The van der Waals surface area contributed by atoms with E-state index in [2.05, 4.69) is 10.3 Å². The molecular weight excluding hydrogens is 447 g/mol. The summed E-state index contributed by atoms with van der Waals surface area (Å²) in [6.45, 7) is 1.97. The number of hydrogen-bond donors (Lipinski definition) is 2. The van der Waals surface area contributed by atoms with Gasteiger partial charge in [0.25, 0.3) is 0 Å². The molecule has 0 saturated carbocycles. The summed E-state index contributed by atoms with van der Waals surface area (Å²) >= 11 is 1.38. The van der Waals surface area contributed by atoms with Gasteiger partial charge in [-0.1, -0.05) is 19.1 Å². The van der Waals surface area contributed by atoms with Crippen LogP contribution in [0.5, 0.6) is 11.6 Å². The minimum Gasteiger partial charge on any atom is -0.494 e. The van der Waals surface area contributed by atoms with Crippen molar-refractivity contribution in [2.45, 2.75) is 13.3 Å². The minimum absolute atomic E-state index is 0.205. The van der Waals surface area contributed by atoms with E-state index in [9.17, 15) is 14.3 Å². The van der Waals surface area contributed by atoms with Crippen molar-refractivity contribution in [3.8, 4) is 27.9 Å². The lowest BCUT2D eigenvalue weighted by atomic mass is 10.1. The number of methoxy groups -OCH3 is 2. The number of halogens is 1. The lowest BCUT2D eigenvalue weighted by Gasteiger charge is -2.15. The van der Waals surface area contributed by atoms with Gasteiger partial charge in [0.05, 0.1) is 42.1 Å². The largest absolute Gasteiger partial charge is 0.494 e. The zero-order valence-corrected chi connectivity index (χ0v) is 18.9. The summed E-state index contributed by atoms with van der Waals surface area (Å²) < 4.78 is 26.2. The molecule has 0 spiro atoms. The van der Waals surface area contributed by atoms with Crippen LogP contribution >= 0.6 is 11.3 Å². The van der Waals surface area contributed by atoms with E-state index in [0.717, 1.165) is 11.8 Å². The summed E-state index contributed by atoms with van der Waals surface area (Å²) in [5.74, 6) is -0.390. The summed E-state index contributed by atoms with van der Waals surface area (Å²) in [6, 6.07) is 10.9. The minimum atomic E-state index is -1.26. The van der Waals surface area contributed by atoms with Gasteiger partial charge in [-0.3, -0.25) is 0 Å². The van der Waals surface area contributed by atoms with E-state index in [1.165, 1.54) is 30.6 Å². The van der Waals surface area contributed by atoms with Crippen molar-refractivity contribution >= 4 is 28.8 Å². The van der Waals surface area contributed by atoms with Gasteiger partial charge in [-0.05, 0) is 36.8 Å². The molecule has 0 unspecified atom stereocenters. The Morgan fingerprint density at radius 3 is 2.67 bits per heavy atom. The Labute approximate surface area is 193 Å². The van der Waals surface area contributed by atoms with Crippen LogP contribution in [-0.2, 0) is 6.42 Å². The third kappa shape index (κ3) is 4.24. The Kier molecular flexibility index (Phi) is 6.27. The SMILES string of the molecule is CCc1nn(-c2ccccc2OC)c(Nc2ccc(F)cc2C(=O)O)c1-c1nc(OC)cs1. The number of thiazole rings is 1. The molecule has 8 nitrogen and oxygen atoms in total. The van der Waals surface area contributed by atoms with Gasteiger partial charge in [-0.25, -0.2) is 18.9 Å². The molecule has 0 radical (unpaired) electrons. The van der Waals surface area contributed by atoms with Crippen LogP contribution < -0.4 is 14.8 Å². The van der Waals surface area contributed by atoms with Crippen molar-refractivity contribution in [2.24, 2.45) is 0 Å². The van der Waals surface area contributed by atoms with E-state index in [1.807, 2.05) is 25.1 Å². The first-order chi connectivity index (χ1) is 16.0. The number of para-hydroxylation sites is 2. The summed E-state index contributed by atoms with van der Waals surface area (Å²) in [5, 5.41) is 20.0. The maximum atomic E-state index is 13.8. The molecule has 2 aromatic heterocycles. The summed E-state index contributed by atoms with van der Waals surface area (Å²) in [6.07, 6.45) is 0.587. The lowest BCUT2D eigenvalue weighted by Crippen LogP contribution is -2.08. The van der Waals surface area contributed by atoms with Crippen molar-refractivity contribution in [1.29, 1.82) is 0 Å². The van der Waals surface area contributed by atoms with E-state index in [4.69, 9.17) is 14.6 Å². The maximum absolute atomic E-state index is 13.8. The highest BCUT2D eigenvalue weighted by molar-refractivity contribution is 7.13. The first-order valence-corrected chi connectivity index (χ1v) is 10.9. The van der Waals surface area contributed by atoms with Crippen molar-refractivity contribution < 1.29 is 23.8 Å². The van der Waals surface area contributed by atoms with Crippen LogP contribution in [-0.4, -0.2) is 40.1 Å². The number of carbonyl (C=O) groups is 1. The van der Waals surface area contributed by atoms with Gasteiger partial charge in [0.2, 0.25) is 5.88 Å². The van der Waals surface area contributed by atoms with Crippen molar-refractivity contribution in [3.63, 3.8) is 0 Å². The van der Waals surface area contributed by atoms with Gasteiger partial charge in [0.1, 0.15) is 28.1 Å². The van der Waals surface area contributed by atoms with Crippen molar-refractivity contribution in [2.75, 3.05) is 19.5 Å². The van der Waals surface area contributed by atoms with Gasteiger partial charge in [-0.15, -0.1) is 11.3 Å². The number of ether oxygens (including phenoxy) is 2. The fourth-order valence-corrected chi connectivity index (χ4v) is 4.26. The lowest BCUT2D eigenvalue weighted by molar-refractivity contribution is 0.0697. The third-order valence-corrected chi connectivity index (χ3v) is 5.82.